The van der Waals surface area contributed by atoms with Gasteiger partial charge in [-0.2, -0.15) is 16.6 Å². The molecule has 3 rings (SSSR count). The molecule has 1 atom stereocenters. The summed E-state index contributed by atoms with van der Waals surface area (Å²) >= 11 is 1.70. The Morgan fingerprint density at radius 1 is 1.36 bits per heavy atom. The van der Waals surface area contributed by atoms with Crippen LogP contribution in [0, 0.1) is 18.3 Å². The number of nitrogens with zero attached hydrogens (tertiary/aromatic N) is 3. The van der Waals surface area contributed by atoms with E-state index >= 15 is 0 Å². The lowest BCUT2D eigenvalue weighted by Gasteiger charge is -2.28. The second-order valence-corrected chi connectivity index (χ2v) is 7.25. The minimum absolute atomic E-state index is 0.0706. The van der Waals surface area contributed by atoms with Crippen LogP contribution in [0.3, 0.4) is 0 Å². The number of hydrogen-bond donors (Lipinski definition) is 0. The van der Waals surface area contributed by atoms with Crippen molar-refractivity contribution in [2.75, 3.05) is 24.5 Å². The van der Waals surface area contributed by atoms with E-state index in [1.165, 1.54) is 5.56 Å². The zero-order chi connectivity index (χ0) is 17.6. The van der Waals surface area contributed by atoms with Crippen molar-refractivity contribution in [1.82, 2.24) is 4.90 Å². The van der Waals surface area contributed by atoms with Gasteiger partial charge >= 0.3 is 0 Å². The number of nitriles is 1. The van der Waals surface area contributed by atoms with Gasteiger partial charge in [0.1, 0.15) is 0 Å². The summed E-state index contributed by atoms with van der Waals surface area (Å²) in [6.45, 7) is 3.82. The van der Waals surface area contributed by atoms with Gasteiger partial charge in [0.2, 0.25) is 5.91 Å². The molecule has 1 saturated heterocycles. The minimum Gasteiger partial charge on any atom is -0.310 e. The number of likely N-dealkylation sites (tertiary alicyclic amines) is 1. The molecule has 1 fully saturated rings. The molecule has 1 aliphatic rings. The summed E-state index contributed by atoms with van der Waals surface area (Å²) in [6, 6.07) is 12.6. The van der Waals surface area contributed by atoms with E-state index < -0.39 is 0 Å². The van der Waals surface area contributed by atoms with E-state index in [-0.39, 0.29) is 5.91 Å². The molecular weight excluding hydrogens is 330 g/mol. The molecule has 4 nitrogen and oxygen atoms in total. The Morgan fingerprint density at radius 2 is 2.16 bits per heavy atom. The van der Waals surface area contributed by atoms with Crippen LogP contribution in [-0.4, -0.2) is 30.4 Å². The van der Waals surface area contributed by atoms with E-state index in [9.17, 15) is 4.79 Å². The number of thiophene rings is 1. The van der Waals surface area contributed by atoms with Crippen LogP contribution in [0.2, 0.25) is 0 Å². The van der Waals surface area contributed by atoms with Gasteiger partial charge in [0.05, 0.1) is 19.0 Å². The van der Waals surface area contributed by atoms with E-state index in [0.29, 0.717) is 25.6 Å². The van der Waals surface area contributed by atoms with E-state index in [2.05, 4.69) is 27.8 Å². The van der Waals surface area contributed by atoms with Crippen LogP contribution in [-0.2, 0) is 4.79 Å². The summed E-state index contributed by atoms with van der Waals surface area (Å²) in [6.07, 6.45) is 2.57. The second kappa shape index (κ2) is 8.28. The van der Waals surface area contributed by atoms with Gasteiger partial charge < -0.3 is 4.90 Å². The molecule has 130 valence electrons. The molecule has 2 heterocycles. The molecule has 0 aliphatic carbocycles. The summed E-state index contributed by atoms with van der Waals surface area (Å²) in [5.74, 6) is 0.0706. The van der Waals surface area contributed by atoms with Gasteiger partial charge in [0.25, 0.3) is 0 Å². The Hall–Kier alpha value is -2.16. The third-order valence-corrected chi connectivity index (χ3v) is 5.43. The fourth-order valence-corrected chi connectivity index (χ4v) is 4.11. The van der Waals surface area contributed by atoms with Gasteiger partial charge in [0.15, 0.2) is 0 Å². The summed E-state index contributed by atoms with van der Waals surface area (Å²) in [4.78, 5) is 17.0. The van der Waals surface area contributed by atoms with Gasteiger partial charge in [-0.15, -0.1) is 0 Å². The number of aryl methyl sites for hydroxylation is 1. The molecule has 0 unspecified atom stereocenters. The molecule has 5 heteroatoms. The first-order valence-electron chi connectivity index (χ1n) is 8.69. The average molecular weight is 353 g/mol. The van der Waals surface area contributed by atoms with E-state index in [1.54, 1.807) is 16.2 Å². The predicted molar refractivity (Wildman–Crippen MR) is 102 cm³/mol. The van der Waals surface area contributed by atoms with Crippen molar-refractivity contribution in [2.45, 2.75) is 32.2 Å². The van der Waals surface area contributed by atoms with Crippen LogP contribution in [0.5, 0.6) is 0 Å². The molecule has 1 aromatic heterocycles. The minimum atomic E-state index is 0.0706. The number of benzene rings is 1. The fraction of sp³-hybridized carbons (Fsp3) is 0.400. The maximum Gasteiger partial charge on any atom is 0.241 e. The van der Waals surface area contributed by atoms with Crippen molar-refractivity contribution in [2.24, 2.45) is 0 Å². The van der Waals surface area contributed by atoms with E-state index in [4.69, 9.17) is 5.26 Å². The van der Waals surface area contributed by atoms with E-state index in [1.807, 2.05) is 31.2 Å². The molecule has 0 radical (unpaired) electrons. The molecule has 0 bridgehead atoms. The first kappa shape index (κ1) is 17.7. The van der Waals surface area contributed by atoms with Crippen molar-refractivity contribution in [3.8, 4) is 6.07 Å². The van der Waals surface area contributed by atoms with Crippen molar-refractivity contribution in [1.29, 1.82) is 5.26 Å². The highest BCUT2D eigenvalue weighted by atomic mass is 32.1. The smallest absolute Gasteiger partial charge is 0.241 e. The van der Waals surface area contributed by atoms with Gasteiger partial charge in [-0.25, -0.2) is 0 Å². The molecular formula is C20H23N3OS. The SMILES string of the molecule is Cc1ccc(N(CCC#N)C(=O)CN2CCC[C@@H]2c2ccsc2)cc1. The van der Waals surface area contributed by atoms with Crippen LogP contribution in [0.1, 0.15) is 36.4 Å². The van der Waals surface area contributed by atoms with Crippen molar-refractivity contribution in [3.05, 3.63) is 52.2 Å². The third kappa shape index (κ3) is 4.28. The maximum atomic E-state index is 13.0. The highest BCUT2D eigenvalue weighted by Gasteiger charge is 2.29. The lowest BCUT2D eigenvalue weighted by molar-refractivity contribution is -0.120. The number of rotatable bonds is 6. The van der Waals surface area contributed by atoms with Crippen LogP contribution >= 0.6 is 11.3 Å². The monoisotopic (exact) mass is 353 g/mol. The van der Waals surface area contributed by atoms with Crippen LogP contribution in [0.15, 0.2) is 41.1 Å². The number of hydrogen-bond acceptors (Lipinski definition) is 4. The average Bonchev–Trinajstić information content (AvgIpc) is 3.28. The summed E-state index contributed by atoms with van der Waals surface area (Å²) in [5.41, 5.74) is 3.35. The summed E-state index contributed by atoms with van der Waals surface area (Å²) in [7, 11) is 0. The Bertz CT molecular complexity index is 733. The lowest BCUT2D eigenvalue weighted by Crippen LogP contribution is -2.40. The highest BCUT2D eigenvalue weighted by Crippen LogP contribution is 2.33. The van der Waals surface area contributed by atoms with Crippen LogP contribution in [0.4, 0.5) is 5.69 Å². The zero-order valence-corrected chi connectivity index (χ0v) is 15.3. The third-order valence-electron chi connectivity index (χ3n) is 4.72. The van der Waals surface area contributed by atoms with Crippen molar-refractivity contribution >= 4 is 22.9 Å². The maximum absolute atomic E-state index is 13.0. The highest BCUT2D eigenvalue weighted by molar-refractivity contribution is 7.07. The zero-order valence-electron chi connectivity index (χ0n) is 14.5. The summed E-state index contributed by atoms with van der Waals surface area (Å²) < 4.78 is 0. The van der Waals surface area contributed by atoms with Crippen LogP contribution < -0.4 is 4.90 Å². The molecule has 25 heavy (non-hydrogen) atoms. The molecule has 1 aliphatic heterocycles. The van der Waals surface area contributed by atoms with Gasteiger partial charge in [0, 0.05) is 18.3 Å². The standard InChI is InChI=1S/C20H23N3OS/c1-16-5-7-18(8-6-16)23(12-3-10-21)20(24)14-22-11-2-4-19(22)17-9-13-25-15-17/h5-9,13,15,19H,2-4,11-12,14H2,1H3/t19-/m1/s1. The number of anilines is 1. The number of carbonyl (C=O) groups is 1. The first-order valence-corrected chi connectivity index (χ1v) is 9.63. The quantitative estimate of drug-likeness (QED) is 0.784. The molecule has 1 amide bonds. The molecule has 1 aromatic carbocycles. The van der Waals surface area contributed by atoms with Gasteiger partial charge in [-0.3, -0.25) is 9.69 Å². The molecule has 0 N–H and O–H groups in total. The van der Waals surface area contributed by atoms with Crippen LogP contribution in [0.25, 0.3) is 0 Å². The van der Waals surface area contributed by atoms with E-state index in [0.717, 1.165) is 30.6 Å². The van der Waals surface area contributed by atoms with Gasteiger partial charge in [-0.1, -0.05) is 17.7 Å². The topological polar surface area (TPSA) is 47.3 Å². The summed E-state index contributed by atoms with van der Waals surface area (Å²) in [5, 5.41) is 13.2. The van der Waals surface area contributed by atoms with Crippen molar-refractivity contribution in [3.63, 3.8) is 0 Å². The van der Waals surface area contributed by atoms with Crippen molar-refractivity contribution < 1.29 is 4.79 Å². The Kier molecular flexibility index (Phi) is 5.85. The normalized spacial score (nSPS) is 17.4. The Labute approximate surface area is 153 Å². The molecule has 2 aromatic rings. The largest absolute Gasteiger partial charge is 0.310 e. The second-order valence-electron chi connectivity index (χ2n) is 6.47. The van der Waals surface area contributed by atoms with Gasteiger partial charge in [-0.05, 0) is 60.8 Å². The Morgan fingerprint density at radius 3 is 2.84 bits per heavy atom. The first-order chi connectivity index (χ1) is 12.2. The Balaban J connectivity index is 1.73. The fourth-order valence-electron chi connectivity index (χ4n) is 3.40. The predicted octanol–water partition coefficient (Wildman–Crippen LogP) is 4.14. The molecule has 0 spiro atoms. The lowest BCUT2D eigenvalue weighted by atomic mass is 10.1. The number of amides is 1. The molecule has 0 saturated carbocycles. The number of carbonyl (C=O) groups excluding carboxylic acids is 1.